The van der Waals surface area contributed by atoms with Crippen LogP contribution in [0.15, 0.2) is 22.7 Å². The monoisotopic (exact) mass is 347 g/mol. The second-order valence-electron chi connectivity index (χ2n) is 4.68. The van der Waals surface area contributed by atoms with Gasteiger partial charge in [-0.1, -0.05) is 31.5 Å². The van der Waals surface area contributed by atoms with Gasteiger partial charge in [0.05, 0.1) is 10.6 Å². The number of amides is 1. The second kappa shape index (κ2) is 8.56. The molecule has 0 radical (unpaired) electrons. The van der Waals surface area contributed by atoms with E-state index in [1.807, 2.05) is 0 Å². The first-order valence-corrected chi connectivity index (χ1v) is 7.49. The maximum atomic E-state index is 11.9. The predicted molar refractivity (Wildman–Crippen MR) is 81.8 cm³/mol. The maximum Gasteiger partial charge on any atom is 0.252 e. The number of halogens is 2. The van der Waals surface area contributed by atoms with Gasteiger partial charge >= 0.3 is 0 Å². The van der Waals surface area contributed by atoms with Crippen molar-refractivity contribution in [2.75, 3.05) is 19.8 Å². The molecule has 0 aliphatic carbocycles. The van der Waals surface area contributed by atoms with Crippen LogP contribution in [0, 0.1) is 5.92 Å². The van der Waals surface area contributed by atoms with Crippen LogP contribution in [0.1, 0.15) is 30.6 Å². The standard InChI is InChI=1S/C14H19BrClNO2/c1-10(2)9-19-8-4-7-17-14(18)11-5-3-6-12(15)13(11)16/h3,5-6,10H,4,7-9H2,1-2H3,(H,17,18). The Kier molecular flexibility index (Phi) is 7.42. The highest BCUT2D eigenvalue weighted by atomic mass is 79.9. The number of benzene rings is 1. The first-order chi connectivity index (χ1) is 9.02. The zero-order valence-electron chi connectivity index (χ0n) is 11.2. The van der Waals surface area contributed by atoms with Crippen LogP contribution >= 0.6 is 27.5 Å². The van der Waals surface area contributed by atoms with E-state index in [-0.39, 0.29) is 5.91 Å². The molecule has 1 rings (SSSR count). The van der Waals surface area contributed by atoms with E-state index >= 15 is 0 Å². The van der Waals surface area contributed by atoms with Gasteiger partial charge in [-0.2, -0.15) is 0 Å². The van der Waals surface area contributed by atoms with Crippen molar-refractivity contribution in [1.82, 2.24) is 5.32 Å². The number of nitrogens with one attached hydrogen (secondary N) is 1. The van der Waals surface area contributed by atoms with Gasteiger partial charge in [-0.3, -0.25) is 4.79 Å². The average molecular weight is 349 g/mol. The molecule has 0 spiro atoms. The number of carbonyl (C=O) groups excluding carboxylic acids is 1. The summed E-state index contributed by atoms with van der Waals surface area (Å²) in [6, 6.07) is 5.30. The summed E-state index contributed by atoms with van der Waals surface area (Å²) in [7, 11) is 0. The lowest BCUT2D eigenvalue weighted by atomic mass is 10.2. The predicted octanol–water partition coefficient (Wildman–Crippen LogP) is 3.90. The molecule has 0 aliphatic rings. The number of hydrogen-bond donors (Lipinski definition) is 1. The first-order valence-electron chi connectivity index (χ1n) is 6.32. The Morgan fingerprint density at radius 3 is 2.89 bits per heavy atom. The number of carbonyl (C=O) groups is 1. The van der Waals surface area contributed by atoms with Crippen LogP contribution in [0.3, 0.4) is 0 Å². The molecular weight excluding hydrogens is 330 g/mol. The number of rotatable bonds is 7. The van der Waals surface area contributed by atoms with Gasteiger partial charge in [0.25, 0.3) is 5.91 Å². The summed E-state index contributed by atoms with van der Waals surface area (Å²) in [5, 5.41) is 3.27. The zero-order valence-corrected chi connectivity index (χ0v) is 13.6. The molecule has 0 atom stereocenters. The van der Waals surface area contributed by atoms with Crippen LogP contribution in [-0.2, 0) is 4.74 Å². The van der Waals surface area contributed by atoms with Crippen molar-refractivity contribution in [3.63, 3.8) is 0 Å². The molecule has 1 N–H and O–H groups in total. The number of ether oxygens (including phenoxy) is 1. The third-order valence-electron chi connectivity index (χ3n) is 2.40. The summed E-state index contributed by atoms with van der Waals surface area (Å²) >= 11 is 9.35. The summed E-state index contributed by atoms with van der Waals surface area (Å²) in [5.74, 6) is 0.380. The van der Waals surface area contributed by atoms with Crippen molar-refractivity contribution in [2.45, 2.75) is 20.3 Å². The Morgan fingerprint density at radius 1 is 1.47 bits per heavy atom. The summed E-state index contributed by atoms with van der Waals surface area (Å²) in [5.41, 5.74) is 0.485. The van der Waals surface area contributed by atoms with Gasteiger partial charge in [-0.15, -0.1) is 0 Å². The van der Waals surface area contributed by atoms with E-state index in [0.29, 0.717) is 29.7 Å². The molecule has 0 aliphatic heterocycles. The molecule has 106 valence electrons. The fraction of sp³-hybridized carbons (Fsp3) is 0.500. The second-order valence-corrected chi connectivity index (χ2v) is 5.91. The Hall–Kier alpha value is -0.580. The molecule has 5 heteroatoms. The fourth-order valence-electron chi connectivity index (χ4n) is 1.47. The Bertz CT molecular complexity index is 424. The van der Waals surface area contributed by atoms with Crippen LogP contribution in [0.5, 0.6) is 0 Å². The van der Waals surface area contributed by atoms with Crippen molar-refractivity contribution < 1.29 is 9.53 Å². The van der Waals surface area contributed by atoms with Crippen molar-refractivity contribution >= 4 is 33.4 Å². The van der Waals surface area contributed by atoms with Gasteiger partial charge in [-0.25, -0.2) is 0 Å². The zero-order chi connectivity index (χ0) is 14.3. The maximum absolute atomic E-state index is 11.9. The summed E-state index contributed by atoms with van der Waals surface area (Å²) in [6.07, 6.45) is 0.796. The van der Waals surface area contributed by atoms with Crippen molar-refractivity contribution in [1.29, 1.82) is 0 Å². The molecule has 0 aromatic heterocycles. The van der Waals surface area contributed by atoms with Crippen molar-refractivity contribution in [3.8, 4) is 0 Å². The van der Waals surface area contributed by atoms with Gasteiger partial charge < -0.3 is 10.1 Å². The molecule has 0 heterocycles. The molecule has 0 saturated heterocycles. The van der Waals surface area contributed by atoms with E-state index in [1.165, 1.54) is 0 Å². The van der Waals surface area contributed by atoms with E-state index in [2.05, 4.69) is 35.1 Å². The molecule has 19 heavy (non-hydrogen) atoms. The fourth-order valence-corrected chi connectivity index (χ4v) is 2.05. The van der Waals surface area contributed by atoms with Crippen LogP contribution < -0.4 is 5.32 Å². The highest BCUT2D eigenvalue weighted by Crippen LogP contribution is 2.25. The van der Waals surface area contributed by atoms with Crippen LogP contribution in [0.25, 0.3) is 0 Å². The van der Waals surface area contributed by atoms with E-state index in [4.69, 9.17) is 16.3 Å². The van der Waals surface area contributed by atoms with Crippen LogP contribution in [0.4, 0.5) is 0 Å². The Morgan fingerprint density at radius 2 is 2.21 bits per heavy atom. The third-order valence-corrected chi connectivity index (χ3v) is 3.69. The highest BCUT2D eigenvalue weighted by molar-refractivity contribution is 9.10. The lowest BCUT2D eigenvalue weighted by Crippen LogP contribution is -2.25. The highest BCUT2D eigenvalue weighted by Gasteiger charge is 2.11. The minimum Gasteiger partial charge on any atom is -0.381 e. The number of hydrogen-bond acceptors (Lipinski definition) is 2. The lowest BCUT2D eigenvalue weighted by molar-refractivity contribution is 0.0925. The molecular formula is C14H19BrClNO2. The molecule has 0 saturated carbocycles. The summed E-state index contributed by atoms with van der Waals surface area (Å²) in [6.45, 7) is 6.21. The van der Waals surface area contributed by atoms with Crippen LogP contribution in [-0.4, -0.2) is 25.7 Å². The molecule has 0 fully saturated rings. The van der Waals surface area contributed by atoms with E-state index < -0.39 is 0 Å². The van der Waals surface area contributed by atoms with Gasteiger partial charge in [-0.05, 0) is 40.4 Å². The normalized spacial score (nSPS) is 10.8. The van der Waals surface area contributed by atoms with Gasteiger partial charge in [0.15, 0.2) is 0 Å². The van der Waals surface area contributed by atoms with Crippen molar-refractivity contribution in [3.05, 3.63) is 33.3 Å². The van der Waals surface area contributed by atoms with Crippen LogP contribution in [0.2, 0.25) is 5.02 Å². The van der Waals surface area contributed by atoms with Gasteiger partial charge in [0.2, 0.25) is 0 Å². The third kappa shape index (κ3) is 5.93. The Balaban J connectivity index is 2.30. The van der Waals surface area contributed by atoms with Crippen molar-refractivity contribution in [2.24, 2.45) is 5.92 Å². The molecule has 1 aromatic rings. The average Bonchev–Trinajstić information content (AvgIpc) is 2.36. The summed E-state index contributed by atoms with van der Waals surface area (Å²) in [4.78, 5) is 11.9. The molecule has 1 amide bonds. The molecule has 0 bridgehead atoms. The first kappa shape index (κ1) is 16.5. The minimum atomic E-state index is -0.157. The lowest BCUT2D eigenvalue weighted by Gasteiger charge is -2.09. The largest absolute Gasteiger partial charge is 0.381 e. The van der Waals surface area contributed by atoms with Gasteiger partial charge in [0.1, 0.15) is 0 Å². The quantitative estimate of drug-likeness (QED) is 0.759. The topological polar surface area (TPSA) is 38.3 Å². The smallest absolute Gasteiger partial charge is 0.252 e. The van der Waals surface area contributed by atoms with E-state index in [9.17, 15) is 4.79 Å². The van der Waals surface area contributed by atoms with E-state index in [0.717, 1.165) is 17.5 Å². The Labute approximate surface area is 127 Å². The molecule has 1 aromatic carbocycles. The summed E-state index contributed by atoms with van der Waals surface area (Å²) < 4.78 is 6.16. The van der Waals surface area contributed by atoms with Gasteiger partial charge in [0, 0.05) is 24.2 Å². The minimum absolute atomic E-state index is 0.157. The van der Waals surface area contributed by atoms with E-state index in [1.54, 1.807) is 18.2 Å². The SMILES string of the molecule is CC(C)COCCCNC(=O)c1cccc(Br)c1Cl. The molecule has 0 unspecified atom stereocenters. The molecule has 3 nitrogen and oxygen atoms in total.